The number of unbranched alkanes of at least 4 members (excludes halogenated alkanes) is 1. The lowest BCUT2D eigenvalue weighted by molar-refractivity contribution is 0.0963. The Bertz CT molecular complexity index is 331. The molecule has 0 saturated heterocycles. The third-order valence-electron chi connectivity index (χ3n) is 2.38. The van der Waals surface area contributed by atoms with Gasteiger partial charge in [0.15, 0.2) is 11.6 Å². The van der Waals surface area contributed by atoms with Gasteiger partial charge in [-0.2, -0.15) is 0 Å². The molecule has 0 aliphatic rings. The molecule has 0 aliphatic carbocycles. The van der Waals surface area contributed by atoms with E-state index in [0.29, 0.717) is 18.8 Å². The van der Waals surface area contributed by atoms with Crippen LogP contribution in [0.5, 0.6) is 5.75 Å². The summed E-state index contributed by atoms with van der Waals surface area (Å²) in [6.07, 6.45) is 2.14. The highest BCUT2D eigenvalue weighted by Crippen LogP contribution is 2.21. The number of ether oxygens (including phenoxy) is 2. The number of benzene rings is 1. The minimum Gasteiger partial charge on any atom is -0.488 e. The summed E-state index contributed by atoms with van der Waals surface area (Å²) < 4.78 is 24.1. The van der Waals surface area contributed by atoms with Crippen molar-refractivity contribution >= 4 is 0 Å². The molecule has 0 amide bonds. The van der Waals surface area contributed by atoms with Gasteiger partial charge in [-0.25, -0.2) is 4.39 Å². The molecule has 3 nitrogen and oxygen atoms in total. The smallest absolute Gasteiger partial charge is 0.165 e. The van der Waals surface area contributed by atoms with Gasteiger partial charge in [0.05, 0.1) is 6.61 Å². The molecule has 0 heterocycles. The van der Waals surface area contributed by atoms with E-state index in [0.717, 1.165) is 19.4 Å². The van der Waals surface area contributed by atoms with E-state index in [4.69, 9.17) is 15.2 Å². The van der Waals surface area contributed by atoms with Crippen LogP contribution in [0.25, 0.3) is 0 Å². The Morgan fingerprint density at radius 1 is 1.24 bits per heavy atom. The Balaban J connectivity index is 2.35. The first-order chi connectivity index (χ1) is 8.29. The maximum atomic E-state index is 13.4. The van der Waals surface area contributed by atoms with Crippen LogP contribution in [0, 0.1) is 5.82 Å². The average Bonchev–Trinajstić information content (AvgIpc) is 2.35. The maximum Gasteiger partial charge on any atom is 0.165 e. The predicted molar refractivity (Wildman–Crippen MR) is 65.5 cm³/mol. The van der Waals surface area contributed by atoms with E-state index < -0.39 is 0 Å². The van der Waals surface area contributed by atoms with Crippen LogP contribution in [-0.4, -0.2) is 19.8 Å². The Morgan fingerprint density at radius 3 is 2.76 bits per heavy atom. The van der Waals surface area contributed by atoms with Crippen molar-refractivity contribution in [2.24, 2.45) is 5.73 Å². The van der Waals surface area contributed by atoms with Crippen molar-refractivity contribution in [1.82, 2.24) is 0 Å². The minimum atomic E-state index is -0.374. The zero-order valence-electron chi connectivity index (χ0n) is 10.2. The first-order valence-corrected chi connectivity index (χ1v) is 5.97. The van der Waals surface area contributed by atoms with Gasteiger partial charge in [-0.1, -0.05) is 25.5 Å². The second-order valence-corrected chi connectivity index (χ2v) is 3.75. The summed E-state index contributed by atoms with van der Waals surface area (Å²) in [5.41, 5.74) is 6.19. The van der Waals surface area contributed by atoms with Crippen molar-refractivity contribution in [3.63, 3.8) is 0 Å². The van der Waals surface area contributed by atoms with E-state index in [1.54, 1.807) is 12.1 Å². The molecule has 1 rings (SSSR count). The van der Waals surface area contributed by atoms with E-state index in [1.165, 1.54) is 6.07 Å². The average molecular weight is 241 g/mol. The Labute approximate surface area is 102 Å². The fourth-order valence-electron chi connectivity index (χ4n) is 1.43. The van der Waals surface area contributed by atoms with Crippen LogP contribution >= 0.6 is 0 Å². The van der Waals surface area contributed by atoms with Crippen molar-refractivity contribution < 1.29 is 13.9 Å². The molecule has 1 aromatic carbocycles. The monoisotopic (exact) mass is 241 g/mol. The van der Waals surface area contributed by atoms with Crippen molar-refractivity contribution in [3.05, 3.63) is 29.6 Å². The zero-order valence-corrected chi connectivity index (χ0v) is 10.2. The second kappa shape index (κ2) is 8.03. The van der Waals surface area contributed by atoms with Crippen molar-refractivity contribution in [1.29, 1.82) is 0 Å². The van der Waals surface area contributed by atoms with Crippen molar-refractivity contribution in [3.8, 4) is 5.75 Å². The molecule has 4 heteroatoms. The molecule has 0 spiro atoms. The van der Waals surface area contributed by atoms with Gasteiger partial charge in [0, 0.05) is 18.7 Å². The summed E-state index contributed by atoms with van der Waals surface area (Å²) in [6.45, 7) is 3.91. The first-order valence-electron chi connectivity index (χ1n) is 5.97. The molecule has 0 aromatic heterocycles. The molecular weight excluding hydrogens is 221 g/mol. The van der Waals surface area contributed by atoms with Gasteiger partial charge in [-0.15, -0.1) is 0 Å². The lowest BCUT2D eigenvalue weighted by Crippen LogP contribution is -2.10. The number of rotatable bonds is 8. The first kappa shape index (κ1) is 13.9. The molecule has 0 saturated carbocycles. The molecule has 0 atom stereocenters. The number of hydrogen-bond acceptors (Lipinski definition) is 3. The van der Waals surface area contributed by atoms with Crippen LogP contribution in [-0.2, 0) is 11.3 Å². The number of hydrogen-bond donors (Lipinski definition) is 1. The minimum absolute atomic E-state index is 0.245. The Morgan fingerprint density at radius 2 is 2.06 bits per heavy atom. The molecule has 0 unspecified atom stereocenters. The summed E-state index contributed by atoms with van der Waals surface area (Å²) in [5, 5.41) is 0. The number of para-hydroxylation sites is 1. The highest BCUT2D eigenvalue weighted by molar-refractivity contribution is 5.34. The second-order valence-electron chi connectivity index (χ2n) is 3.75. The van der Waals surface area contributed by atoms with Crippen LogP contribution in [0.15, 0.2) is 18.2 Å². The van der Waals surface area contributed by atoms with Gasteiger partial charge in [0.25, 0.3) is 0 Å². The molecule has 0 fully saturated rings. The van der Waals surface area contributed by atoms with Gasteiger partial charge in [0.1, 0.15) is 6.61 Å². The normalized spacial score (nSPS) is 10.5. The van der Waals surface area contributed by atoms with E-state index in [2.05, 4.69) is 6.92 Å². The molecular formula is C13H20FNO2. The Kier molecular flexibility index (Phi) is 6.58. The van der Waals surface area contributed by atoms with Crippen LogP contribution in [0.3, 0.4) is 0 Å². The van der Waals surface area contributed by atoms with Gasteiger partial charge in [0.2, 0.25) is 0 Å². The summed E-state index contributed by atoms with van der Waals surface area (Å²) >= 11 is 0. The summed E-state index contributed by atoms with van der Waals surface area (Å²) in [5.74, 6) is -0.129. The highest BCUT2D eigenvalue weighted by Gasteiger charge is 2.07. The van der Waals surface area contributed by atoms with Gasteiger partial charge in [-0.05, 0) is 12.5 Å². The standard InChI is InChI=1S/C13H20FNO2/c1-2-3-7-16-8-9-17-13-11(10-15)5-4-6-12(13)14/h4-6H,2-3,7-10,15H2,1H3. The van der Waals surface area contributed by atoms with Gasteiger partial charge < -0.3 is 15.2 Å². The van der Waals surface area contributed by atoms with Gasteiger partial charge >= 0.3 is 0 Å². The van der Waals surface area contributed by atoms with Crippen LogP contribution in [0.1, 0.15) is 25.3 Å². The number of halogens is 1. The predicted octanol–water partition coefficient (Wildman–Crippen LogP) is 2.48. The largest absolute Gasteiger partial charge is 0.488 e. The third-order valence-corrected chi connectivity index (χ3v) is 2.38. The van der Waals surface area contributed by atoms with Gasteiger partial charge in [-0.3, -0.25) is 0 Å². The zero-order chi connectivity index (χ0) is 12.5. The quantitative estimate of drug-likeness (QED) is 0.711. The maximum absolute atomic E-state index is 13.4. The van der Waals surface area contributed by atoms with E-state index in [9.17, 15) is 4.39 Å². The Hall–Kier alpha value is -1.13. The SMILES string of the molecule is CCCCOCCOc1c(F)cccc1CN. The topological polar surface area (TPSA) is 44.5 Å². The molecule has 0 bridgehead atoms. The van der Waals surface area contributed by atoms with Crippen molar-refractivity contribution in [2.45, 2.75) is 26.3 Å². The summed E-state index contributed by atoms with van der Waals surface area (Å²) in [6, 6.07) is 4.75. The fraction of sp³-hybridized carbons (Fsp3) is 0.538. The third kappa shape index (κ3) is 4.71. The summed E-state index contributed by atoms with van der Waals surface area (Å²) in [7, 11) is 0. The molecule has 0 radical (unpaired) electrons. The van der Waals surface area contributed by atoms with Crippen LogP contribution in [0.2, 0.25) is 0 Å². The molecule has 1 aromatic rings. The molecule has 2 N–H and O–H groups in total. The van der Waals surface area contributed by atoms with E-state index in [1.807, 2.05) is 0 Å². The van der Waals surface area contributed by atoms with Crippen LogP contribution in [0.4, 0.5) is 4.39 Å². The fourth-order valence-corrected chi connectivity index (χ4v) is 1.43. The lowest BCUT2D eigenvalue weighted by Gasteiger charge is -2.11. The number of nitrogens with two attached hydrogens (primary N) is 1. The highest BCUT2D eigenvalue weighted by atomic mass is 19.1. The van der Waals surface area contributed by atoms with Crippen molar-refractivity contribution in [2.75, 3.05) is 19.8 Å². The molecule has 17 heavy (non-hydrogen) atoms. The lowest BCUT2D eigenvalue weighted by atomic mass is 10.2. The van der Waals surface area contributed by atoms with E-state index in [-0.39, 0.29) is 18.1 Å². The summed E-state index contributed by atoms with van der Waals surface area (Å²) in [4.78, 5) is 0. The molecule has 96 valence electrons. The van der Waals surface area contributed by atoms with Crippen LogP contribution < -0.4 is 10.5 Å². The van der Waals surface area contributed by atoms with E-state index >= 15 is 0 Å². The molecule has 0 aliphatic heterocycles.